The number of nitrogens with zero attached hydrogens (tertiary/aromatic N) is 1. The van der Waals surface area contributed by atoms with Crippen molar-refractivity contribution in [3.8, 4) is 0 Å². The van der Waals surface area contributed by atoms with Gasteiger partial charge in [0, 0.05) is 17.6 Å². The van der Waals surface area contributed by atoms with Gasteiger partial charge < -0.3 is 10.2 Å². The molecular weight excluding hydrogens is 312 g/mol. The third-order valence-corrected chi connectivity index (χ3v) is 4.01. The minimum atomic E-state index is -0.258. The van der Waals surface area contributed by atoms with Crippen molar-refractivity contribution in [3.63, 3.8) is 0 Å². The van der Waals surface area contributed by atoms with Crippen LogP contribution in [0.5, 0.6) is 0 Å². The SMILES string of the molecule is CC(c1ccc(Cl)cc1)N(C)C(=O)CNC(=O)c1ccccc1. The van der Waals surface area contributed by atoms with E-state index in [9.17, 15) is 9.59 Å². The van der Waals surface area contributed by atoms with Crippen LogP contribution in [0.25, 0.3) is 0 Å². The number of nitrogens with one attached hydrogen (secondary N) is 1. The molecule has 4 nitrogen and oxygen atoms in total. The molecule has 5 heteroatoms. The van der Waals surface area contributed by atoms with E-state index in [4.69, 9.17) is 11.6 Å². The third kappa shape index (κ3) is 4.57. The lowest BCUT2D eigenvalue weighted by atomic mass is 10.1. The fourth-order valence-electron chi connectivity index (χ4n) is 2.15. The molecule has 1 unspecified atom stereocenters. The van der Waals surface area contributed by atoms with Crippen LogP contribution in [0.2, 0.25) is 5.02 Å². The molecule has 2 aromatic rings. The highest BCUT2D eigenvalue weighted by molar-refractivity contribution is 6.30. The molecule has 2 amide bonds. The Morgan fingerprint density at radius 1 is 1.09 bits per heavy atom. The Hall–Kier alpha value is -2.33. The van der Waals surface area contributed by atoms with Crippen LogP contribution in [-0.4, -0.2) is 30.3 Å². The van der Waals surface area contributed by atoms with Crippen molar-refractivity contribution in [2.75, 3.05) is 13.6 Å². The summed E-state index contributed by atoms with van der Waals surface area (Å²) in [6.45, 7) is 1.89. The Bertz CT molecular complexity index is 671. The van der Waals surface area contributed by atoms with Gasteiger partial charge >= 0.3 is 0 Å². The number of benzene rings is 2. The molecule has 2 rings (SSSR count). The number of hydrogen-bond donors (Lipinski definition) is 1. The molecule has 23 heavy (non-hydrogen) atoms. The Morgan fingerprint density at radius 3 is 2.30 bits per heavy atom. The van der Waals surface area contributed by atoms with Crippen molar-refractivity contribution in [3.05, 3.63) is 70.7 Å². The first-order chi connectivity index (χ1) is 11.0. The first-order valence-corrected chi connectivity index (χ1v) is 7.71. The van der Waals surface area contributed by atoms with Crippen LogP contribution >= 0.6 is 11.6 Å². The first-order valence-electron chi connectivity index (χ1n) is 7.33. The summed E-state index contributed by atoms with van der Waals surface area (Å²) in [6, 6.07) is 16.1. The second kappa shape index (κ2) is 7.79. The summed E-state index contributed by atoms with van der Waals surface area (Å²) in [5, 5.41) is 3.30. The quantitative estimate of drug-likeness (QED) is 0.914. The van der Waals surface area contributed by atoms with E-state index < -0.39 is 0 Å². The molecule has 0 saturated carbocycles. The summed E-state index contributed by atoms with van der Waals surface area (Å²) >= 11 is 5.87. The van der Waals surface area contributed by atoms with Gasteiger partial charge in [-0.1, -0.05) is 41.9 Å². The second-order valence-electron chi connectivity index (χ2n) is 5.28. The molecule has 0 saturated heterocycles. The van der Waals surface area contributed by atoms with Gasteiger partial charge in [-0.05, 0) is 36.8 Å². The zero-order valence-corrected chi connectivity index (χ0v) is 13.9. The number of carbonyl (C=O) groups excluding carboxylic acids is 2. The van der Waals surface area contributed by atoms with Crippen LogP contribution in [0, 0.1) is 0 Å². The number of rotatable bonds is 5. The van der Waals surface area contributed by atoms with Crippen LogP contribution in [0.3, 0.4) is 0 Å². The normalized spacial score (nSPS) is 11.6. The summed E-state index contributed by atoms with van der Waals surface area (Å²) in [4.78, 5) is 25.8. The Kier molecular flexibility index (Phi) is 5.77. The summed E-state index contributed by atoms with van der Waals surface area (Å²) in [5.74, 6) is -0.414. The van der Waals surface area contributed by atoms with Crippen molar-refractivity contribution in [1.82, 2.24) is 10.2 Å². The van der Waals surface area contributed by atoms with Gasteiger partial charge in [-0.15, -0.1) is 0 Å². The smallest absolute Gasteiger partial charge is 0.251 e. The van der Waals surface area contributed by atoms with Crippen LogP contribution in [0.15, 0.2) is 54.6 Å². The van der Waals surface area contributed by atoms with Crippen LogP contribution in [0.4, 0.5) is 0 Å². The molecule has 0 heterocycles. The fourth-order valence-corrected chi connectivity index (χ4v) is 2.28. The predicted octanol–water partition coefficient (Wildman–Crippen LogP) is 3.29. The molecular formula is C18H19ClN2O2. The average molecular weight is 331 g/mol. The van der Waals surface area contributed by atoms with Crippen molar-refractivity contribution in [2.45, 2.75) is 13.0 Å². The molecule has 0 bridgehead atoms. The Labute approximate surface area is 141 Å². The van der Waals surface area contributed by atoms with Gasteiger partial charge in [-0.2, -0.15) is 0 Å². The van der Waals surface area contributed by atoms with Crippen LogP contribution in [-0.2, 0) is 4.79 Å². The highest BCUT2D eigenvalue weighted by Gasteiger charge is 2.18. The highest BCUT2D eigenvalue weighted by atomic mass is 35.5. The molecule has 0 radical (unpaired) electrons. The van der Waals surface area contributed by atoms with Crippen molar-refractivity contribution in [1.29, 1.82) is 0 Å². The lowest BCUT2D eigenvalue weighted by Gasteiger charge is -2.25. The van der Waals surface area contributed by atoms with E-state index in [1.165, 1.54) is 0 Å². The van der Waals surface area contributed by atoms with Crippen molar-refractivity contribution < 1.29 is 9.59 Å². The lowest BCUT2D eigenvalue weighted by Crippen LogP contribution is -2.39. The zero-order chi connectivity index (χ0) is 16.8. The van der Waals surface area contributed by atoms with Gasteiger partial charge in [-0.3, -0.25) is 9.59 Å². The van der Waals surface area contributed by atoms with E-state index in [-0.39, 0.29) is 24.4 Å². The van der Waals surface area contributed by atoms with E-state index in [1.54, 1.807) is 48.3 Å². The van der Waals surface area contributed by atoms with Crippen molar-refractivity contribution >= 4 is 23.4 Å². The standard InChI is InChI=1S/C18H19ClN2O2/c1-13(14-8-10-16(19)11-9-14)21(2)17(22)12-20-18(23)15-6-4-3-5-7-15/h3-11,13H,12H2,1-2H3,(H,20,23). The van der Waals surface area contributed by atoms with E-state index in [0.717, 1.165) is 5.56 Å². The van der Waals surface area contributed by atoms with Gasteiger partial charge in [-0.25, -0.2) is 0 Å². The summed E-state index contributed by atoms with van der Waals surface area (Å²) in [6.07, 6.45) is 0. The number of halogens is 1. The van der Waals surface area contributed by atoms with Crippen LogP contribution < -0.4 is 5.32 Å². The molecule has 120 valence electrons. The maximum atomic E-state index is 12.2. The van der Waals surface area contributed by atoms with E-state index >= 15 is 0 Å². The maximum absolute atomic E-state index is 12.2. The highest BCUT2D eigenvalue weighted by Crippen LogP contribution is 2.20. The topological polar surface area (TPSA) is 49.4 Å². The summed E-state index contributed by atoms with van der Waals surface area (Å²) < 4.78 is 0. The lowest BCUT2D eigenvalue weighted by molar-refractivity contribution is -0.130. The number of amides is 2. The zero-order valence-electron chi connectivity index (χ0n) is 13.1. The maximum Gasteiger partial charge on any atom is 0.251 e. The molecule has 2 aromatic carbocycles. The first kappa shape index (κ1) is 17.0. The molecule has 0 fully saturated rings. The summed E-state index contributed by atoms with van der Waals surface area (Å²) in [5.41, 5.74) is 1.52. The van der Waals surface area contributed by atoms with E-state index in [2.05, 4.69) is 5.32 Å². The van der Waals surface area contributed by atoms with Crippen molar-refractivity contribution in [2.24, 2.45) is 0 Å². The Balaban J connectivity index is 1.92. The largest absolute Gasteiger partial charge is 0.343 e. The van der Waals surface area contributed by atoms with Crippen LogP contribution in [0.1, 0.15) is 28.9 Å². The molecule has 0 aliphatic rings. The number of carbonyl (C=O) groups is 2. The average Bonchev–Trinajstić information content (AvgIpc) is 2.59. The van der Waals surface area contributed by atoms with E-state index in [0.29, 0.717) is 10.6 Å². The number of hydrogen-bond acceptors (Lipinski definition) is 2. The third-order valence-electron chi connectivity index (χ3n) is 3.76. The molecule has 0 spiro atoms. The minimum absolute atomic E-state index is 0.0395. The van der Waals surface area contributed by atoms with Gasteiger partial charge in [0.15, 0.2) is 0 Å². The molecule has 1 atom stereocenters. The Morgan fingerprint density at radius 2 is 1.70 bits per heavy atom. The van der Waals surface area contributed by atoms with Gasteiger partial charge in [0.25, 0.3) is 5.91 Å². The van der Waals surface area contributed by atoms with Gasteiger partial charge in [0.05, 0.1) is 12.6 Å². The fraction of sp³-hybridized carbons (Fsp3) is 0.222. The van der Waals surface area contributed by atoms with Gasteiger partial charge in [0.1, 0.15) is 0 Å². The molecule has 1 N–H and O–H groups in total. The predicted molar refractivity (Wildman–Crippen MR) is 91.4 cm³/mol. The minimum Gasteiger partial charge on any atom is -0.343 e. The molecule has 0 aliphatic carbocycles. The molecule has 0 aliphatic heterocycles. The number of likely N-dealkylation sites (N-methyl/N-ethyl adjacent to an activating group) is 1. The second-order valence-corrected chi connectivity index (χ2v) is 5.72. The van der Waals surface area contributed by atoms with Gasteiger partial charge in [0.2, 0.25) is 5.91 Å². The molecule has 0 aromatic heterocycles. The monoisotopic (exact) mass is 330 g/mol. The summed E-state index contributed by atoms with van der Waals surface area (Å²) in [7, 11) is 1.72. The van der Waals surface area contributed by atoms with E-state index in [1.807, 2.05) is 25.1 Å².